The molecule has 0 bridgehead atoms. The third kappa shape index (κ3) is 5.73. The van der Waals surface area contributed by atoms with Gasteiger partial charge in [-0.3, -0.25) is 0 Å². The maximum absolute atomic E-state index is 3.82. The Kier molecular flexibility index (Phi) is 7.53. The summed E-state index contributed by atoms with van der Waals surface area (Å²) in [6.07, 6.45) is 9.27. The summed E-state index contributed by atoms with van der Waals surface area (Å²) < 4.78 is 0. The molecule has 0 spiro atoms. The van der Waals surface area contributed by atoms with E-state index in [1.165, 1.54) is 71.1 Å². The highest BCUT2D eigenvalue weighted by Gasteiger charge is 2.32. The number of nitrogens with zero attached hydrogens (tertiary/aromatic N) is 1. The van der Waals surface area contributed by atoms with Gasteiger partial charge in [-0.25, -0.2) is 0 Å². The molecule has 0 aromatic heterocycles. The topological polar surface area (TPSA) is 15.3 Å². The lowest BCUT2D eigenvalue weighted by atomic mass is 9.85. The standard InChI is InChI=1S/C18H38N2/c1-6-9-10-12-17(4,5)15-20-14-11-13-19-18(7-2,8-3)16-20/h19H,6-16H2,1-5H3. The van der Waals surface area contributed by atoms with Crippen molar-refractivity contribution in [2.45, 2.75) is 85.1 Å². The minimum Gasteiger partial charge on any atom is -0.310 e. The summed E-state index contributed by atoms with van der Waals surface area (Å²) in [5.41, 5.74) is 0.822. The quantitative estimate of drug-likeness (QED) is 0.662. The fourth-order valence-corrected chi connectivity index (χ4v) is 3.62. The van der Waals surface area contributed by atoms with E-state index in [1.807, 2.05) is 0 Å². The molecule has 0 unspecified atom stereocenters. The summed E-state index contributed by atoms with van der Waals surface area (Å²) >= 11 is 0. The minimum absolute atomic E-state index is 0.357. The van der Waals surface area contributed by atoms with Gasteiger partial charge in [0.15, 0.2) is 0 Å². The normalized spacial score (nSPS) is 20.9. The van der Waals surface area contributed by atoms with Crippen LogP contribution in [-0.4, -0.2) is 36.6 Å². The molecule has 1 heterocycles. The Balaban J connectivity index is 2.55. The van der Waals surface area contributed by atoms with E-state index >= 15 is 0 Å². The van der Waals surface area contributed by atoms with E-state index in [4.69, 9.17) is 0 Å². The second-order valence-electron chi connectivity index (χ2n) is 7.60. The molecule has 0 radical (unpaired) electrons. The molecular weight excluding hydrogens is 244 g/mol. The van der Waals surface area contributed by atoms with E-state index in [0.717, 1.165) is 0 Å². The van der Waals surface area contributed by atoms with E-state index in [9.17, 15) is 0 Å². The first-order valence-corrected chi connectivity index (χ1v) is 8.94. The van der Waals surface area contributed by atoms with Gasteiger partial charge in [-0.05, 0) is 44.2 Å². The van der Waals surface area contributed by atoms with Crippen LogP contribution >= 0.6 is 0 Å². The third-order valence-corrected chi connectivity index (χ3v) is 5.14. The van der Waals surface area contributed by atoms with Crippen LogP contribution in [0.15, 0.2) is 0 Å². The van der Waals surface area contributed by atoms with Crippen molar-refractivity contribution in [2.75, 3.05) is 26.2 Å². The van der Waals surface area contributed by atoms with Gasteiger partial charge in [0.2, 0.25) is 0 Å². The van der Waals surface area contributed by atoms with Gasteiger partial charge in [-0.2, -0.15) is 0 Å². The van der Waals surface area contributed by atoms with Gasteiger partial charge in [-0.15, -0.1) is 0 Å². The van der Waals surface area contributed by atoms with Gasteiger partial charge < -0.3 is 10.2 Å². The number of nitrogens with one attached hydrogen (secondary N) is 1. The molecule has 2 heteroatoms. The second kappa shape index (κ2) is 8.38. The van der Waals surface area contributed by atoms with Crippen molar-refractivity contribution < 1.29 is 0 Å². The van der Waals surface area contributed by atoms with Crippen LogP contribution in [-0.2, 0) is 0 Å². The zero-order valence-corrected chi connectivity index (χ0v) is 14.7. The molecule has 0 aromatic rings. The van der Waals surface area contributed by atoms with Gasteiger partial charge >= 0.3 is 0 Å². The van der Waals surface area contributed by atoms with Crippen LogP contribution in [0.5, 0.6) is 0 Å². The molecule has 0 aromatic carbocycles. The summed E-state index contributed by atoms with van der Waals surface area (Å²) in [4.78, 5) is 2.74. The molecule has 0 amide bonds. The Morgan fingerprint density at radius 2 is 1.80 bits per heavy atom. The predicted octanol–water partition coefficient (Wildman–Crippen LogP) is 4.45. The molecule has 120 valence electrons. The molecule has 1 rings (SSSR count). The van der Waals surface area contributed by atoms with E-state index < -0.39 is 0 Å². The SMILES string of the molecule is CCCCCC(C)(C)CN1CCCNC(CC)(CC)C1. The van der Waals surface area contributed by atoms with Gasteiger partial charge in [0.05, 0.1) is 0 Å². The van der Waals surface area contributed by atoms with Crippen molar-refractivity contribution in [3.8, 4) is 0 Å². The summed E-state index contributed by atoms with van der Waals surface area (Å²) in [5, 5.41) is 3.82. The lowest BCUT2D eigenvalue weighted by molar-refractivity contribution is 0.134. The van der Waals surface area contributed by atoms with E-state index in [-0.39, 0.29) is 0 Å². The Morgan fingerprint density at radius 3 is 2.40 bits per heavy atom. The van der Waals surface area contributed by atoms with E-state index in [1.54, 1.807) is 0 Å². The molecular formula is C18H38N2. The van der Waals surface area contributed by atoms with Gasteiger partial charge in [0.25, 0.3) is 0 Å². The van der Waals surface area contributed by atoms with Crippen molar-refractivity contribution in [2.24, 2.45) is 5.41 Å². The summed E-state index contributed by atoms with van der Waals surface area (Å²) in [5.74, 6) is 0. The smallest absolute Gasteiger partial charge is 0.0303 e. The highest BCUT2D eigenvalue weighted by Crippen LogP contribution is 2.28. The lowest BCUT2D eigenvalue weighted by Gasteiger charge is -2.39. The molecule has 0 aliphatic carbocycles. The minimum atomic E-state index is 0.357. The average Bonchev–Trinajstić information content (AvgIpc) is 2.61. The molecule has 1 fully saturated rings. The van der Waals surface area contributed by atoms with Crippen LogP contribution in [0.25, 0.3) is 0 Å². The molecule has 1 saturated heterocycles. The molecule has 2 nitrogen and oxygen atoms in total. The largest absolute Gasteiger partial charge is 0.310 e. The summed E-state index contributed by atoms with van der Waals surface area (Å²) in [7, 11) is 0. The second-order valence-corrected chi connectivity index (χ2v) is 7.60. The maximum Gasteiger partial charge on any atom is 0.0303 e. The Labute approximate surface area is 127 Å². The van der Waals surface area contributed by atoms with Crippen molar-refractivity contribution in [3.63, 3.8) is 0 Å². The van der Waals surface area contributed by atoms with Crippen LogP contribution in [0.3, 0.4) is 0 Å². The van der Waals surface area contributed by atoms with Gasteiger partial charge in [0.1, 0.15) is 0 Å². The number of rotatable bonds is 8. The van der Waals surface area contributed by atoms with E-state index in [2.05, 4.69) is 44.8 Å². The average molecular weight is 283 g/mol. The summed E-state index contributed by atoms with van der Waals surface area (Å²) in [6.45, 7) is 16.8. The monoisotopic (exact) mass is 282 g/mol. The molecule has 0 atom stereocenters. The number of hydrogen-bond donors (Lipinski definition) is 1. The summed E-state index contributed by atoms with van der Waals surface area (Å²) in [6, 6.07) is 0. The predicted molar refractivity (Wildman–Crippen MR) is 90.3 cm³/mol. The van der Waals surface area contributed by atoms with Crippen molar-refractivity contribution in [1.82, 2.24) is 10.2 Å². The zero-order chi connectivity index (χ0) is 15.1. The van der Waals surface area contributed by atoms with Gasteiger partial charge in [-0.1, -0.05) is 53.9 Å². The van der Waals surface area contributed by atoms with Crippen LogP contribution in [0, 0.1) is 5.41 Å². The van der Waals surface area contributed by atoms with Crippen LogP contribution in [0.4, 0.5) is 0 Å². The zero-order valence-electron chi connectivity index (χ0n) is 14.7. The fourth-order valence-electron chi connectivity index (χ4n) is 3.62. The number of unbranched alkanes of at least 4 members (excludes halogenated alkanes) is 2. The van der Waals surface area contributed by atoms with Crippen molar-refractivity contribution in [3.05, 3.63) is 0 Å². The first kappa shape index (κ1) is 18.0. The molecule has 1 N–H and O–H groups in total. The molecule has 1 aliphatic rings. The Morgan fingerprint density at radius 1 is 1.10 bits per heavy atom. The van der Waals surface area contributed by atoms with Crippen LogP contribution in [0.2, 0.25) is 0 Å². The molecule has 20 heavy (non-hydrogen) atoms. The molecule has 1 aliphatic heterocycles. The highest BCUT2D eigenvalue weighted by molar-refractivity contribution is 4.92. The van der Waals surface area contributed by atoms with Crippen LogP contribution < -0.4 is 5.32 Å². The van der Waals surface area contributed by atoms with Gasteiger partial charge in [0, 0.05) is 18.6 Å². The van der Waals surface area contributed by atoms with Crippen molar-refractivity contribution in [1.29, 1.82) is 0 Å². The first-order chi connectivity index (χ1) is 9.47. The Hall–Kier alpha value is -0.0800. The number of hydrogen-bond acceptors (Lipinski definition) is 2. The van der Waals surface area contributed by atoms with Crippen LogP contribution in [0.1, 0.15) is 79.6 Å². The first-order valence-electron chi connectivity index (χ1n) is 8.94. The van der Waals surface area contributed by atoms with Crippen molar-refractivity contribution >= 4 is 0 Å². The van der Waals surface area contributed by atoms with E-state index in [0.29, 0.717) is 11.0 Å². The fraction of sp³-hybridized carbons (Fsp3) is 1.00. The maximum atomic E-state index is 3.82. The third-order valence-electron chi connectivity index (χ3n) is 5.14. The molecule has 0 saturated carbocycles. The Bertz CT molecular complexity index is 256. The lowest BCUT2D eigenvalue weighted by Crippen LogP contribution is -2.51. The highest BCUT2D eigenvalue weighted by atomic mass is 15.2.